The van der Waals surface area contributed by atoms with Crippen molar-refractivity contribution < 1.29 is 9.47 Å². The normalized spacial score (nSPS) is 12.9. The van der Waals surface area contributed by atoms with E-state index in [2.05, 4.69) is 37.3 Å². The van der Waals surface area contributed by atoms with Crippen molar-refractivity contribution >= 4 is 11.8 Å². The SMILES string of the molecule is COC(CCC(C)SCc1ccccc1)OC. The number of hydrogen-bond donors (Lipinski definition) is 0. The summed E-state index contributed by atoms with van der Waals surface area (Å²) in [6, 6.07) is 10.6. The number of hydrogen-bond acceptors (Lipinski definition) is 3. The number of thioether (sulfide) groups is 1. The smallest absolute Gasteiger partial charge is 0.156 e. The van der Waals surface area contributed by atoms with Gasteiger partial charge in [-0.15, -0.1) is 0 Å². The summed E-state index contributed by atoms with van der Waals surface area (Å²) in [6.07, 6.45) is 2.01. The molecule has 0 bridgehead atoms. The Balaban J connectivity index is 2.19. The zero-order valence-corrected chi connectivity index (χ0v) is 11.7. The van der Waals surface area contributed by atoms with E-state index in [1.807, 2.05) is 11.8 Å². The Hall–Kier alpha value is -0.510. The van der Waals surface area contributed by atoms with Crippen molar-refractivity contribution in [1.29, 1.82) is 0 Å². The fourth-order valence-electron chi connectivity index (χ4n) is 1.60. The average molecular weight is 254 g/mol. The average Bonchev–Trinajstić information content (AvgIpc) is 2.39. The molecular weight excluding hydrogens is 232 g/mol. The van der Waals surface area contributed by atoms with Crippen molar-refractivity contribution in [2.75, 3.05) is 14.2 Å². The topological polar surface area (TPSA) is 18.5 Å². The van der Waals surface area contributed by atoms with Gasteiger partial charge in [-0.25, -0.2) is 0 Å². The first-order valence-electron chi connectivity index (χ1n) is 5.97. The quantitative estimate of drug-likeness (QED) is 0.659. The molecule has 1 aromatic carbocycles. The summed E-state index contributed by atoms with van der Waals surface area (Å²) in [5.41, 5.74) is 1.39. The molecule has 0 aliphatic carbocycles. The van der Waals surface area contributed by atoms with Crippen LogP contribution < -0.4 is 0 Å². The lowest BCUT2D eigenvalue weighted by molar-refractivity contribution is -0.106. The van der Waals surface area contributed by atoms with Crippen LogP contribution in [0, 0.1) is 0 Å². The van der Waals surface area contributed by atoms with Crippen LogP contribution >= 0.6 is 11.8 Å². The Morgan fingerprint density at radius 2 is 1.71 bits per heavy atom. The summed E-state index contributed by atoms with van der Waals surface area (Å²) in [4.78, 5) is 0. The minimum atomic E-state index is -0.0604. The second-order valence-corrected chi connectivity index (χ2v) is 5.51. The number of methoxy groups -OCH3 is 2. The van der Waals surface area contributed by atoms with Gasteiger partial charge in [-0.3, -0.25) is 0 Å². The number of benzene rings is 1. The van der Waals surface area contributed by atoms with Crippen LogP contribution in [0.15, 0.2) is 30.3 Å². The Kier molecular flexibility index (Phi) is 7.33. The van der Waals surface area contributed by atoms with Crippen molar-refractivity contribution in [2.45, 2.75) is 37.1 Å². The summed E-state index contributed by atoms with van der Waals surface area (Å²) in [5, 5.41) is 0.628. The van der Waals surface area contributed by atoms with Gasteiger partial charge in [-0.05, 0) is 18.4 Å². The Labute approximate surface area is 109 Å². The highest BCUT2D eigenvalue weighted by molar-refractivity contribution is 7.99. The molecule has 3 heteroatoms. The molecular formula is C14H22O2S. The molecule has 1 atom stereocenters. The van der Waals surface area contributed by atoms with Gasteiger partial charge in [0.05, 0.1) is 0 Å². The fourth-order valence-corrected chi connectivity index (χ4v) is 2.57. The van der Waals surface area contributed by atoms with Crippen LogP contribution in [0.4, 0.5) is 0 Å². The number of rotatable bonds is 8. The first kappa shape index (κ1) is 14.6. The molecule has 0 aliphatic heterocycles. The van der Waals surface area contributed by atoms with Crippen LogP contribution in [0.2, 0.25) is 0 Å². The molecule has 0 saturated heterocycles. The van der Waals surface area contributed by atoms with Gasteiger partial charge in [0.25, 0.3) is 0 Å². The molecule has 2 nitrogen and oxygen atoms in total. The maximum absolute atomic E-state index is 5.18. The largest absolute Gasteiger partial charge is 0.356 e. The van der Waals surface area contributed by atoms with Crippen molar-refractivity contribution in [3.05, 3.63) is 35.9 Å². The molecule has 0 saturated carbocycles. The standard InChI is InChI=1S/C14H22O2S/c1-12(9-10-14(15-2)16-3)17-11-13-7-5-4-6-8-13/h4-8,12,14H,9-11H2,1-3H3. The van der Waals surface area contributed by atoms with Crippen LogP contribution in [0.3, 0.4) is 0 Å². The third-order valence-corrected chi connectivity index (χ3v) is 4.02. The van der Waals surface area contributed by atoms with Crippen molar-refractivity contribution in [1.82, 2.24) is 0 Å². The zero-order valence-electron chi connectivity index (χ0n) is 10.9. The third-order valence-electron chi connectivity index (χ3n) is 2.71. The van der Waals surface area contributed by atoms with Crippen LogP contribution in [0.25, 0.3) is 0 Å². The lowest BCUT2D eigenvalue weighted by Crippen LogP contribution is -2.14. The molecule has 0 spiro atoms. The second kappa shape index (κ2) is 8.56. The molecule has 0 aliphatic rings. The van der Waals surface area contributed by atoms with E-state index in [4.69, 9.17) is 9.47 Å². The van der Waals surface area contributed by atoms with E-state index in [0.717, 1.165) is 18.6 Å². The third kappa shape index (κ3) is 6.10. The van der Waals surface area contributed by atoms with Crippen LogP contribution in [0.5, 0.6) is 0 Å². The predicted octanol–water partition coefficient (Wildman–Crippen LogP) is 3.71. The lowest BCUT2D eigenvalue weighted by Gasteiger charge is -2.16. The highest BCUT2D eigenvalue weighted by Gasteiger charge is 2.09. The van der Waals surface area contributed by atoms with Gasteiger partial charge in [-0.1, -0.05) is 37.3 Å². The van der Waals surface area contributed by atoms with Gasteiger partial charge < -0.3 is 9.47 Å². The molecule has 96 valence electrons. The van der Waals surface area contributed by atoms with E-state index in [-0.39, 0.29) is 6.29 Å². The Morgan fingerprint density at radius 3 is 2.29 bits per heavy atom. The minimum Gasteiger partial charge on any atom is -0.356 e. The van der Waals surface area contributed by atoms with Gasteiger partial charge in [-0.2, -0.15) is 11.8 Å². The molecule has 1 rings (SSSR count). The monoisotopic (exact) mass is 254 g/mol. The number of ether oxygens (including phenoxy) is 2. The Morgan fingerprint density at radius 1 is 1.06 bits per heavy atom. The second-order valence-electron chi connectivity index (χ2n) is 4.09. The van der Waals surface area contributed by atoms with E-state index >= 15 is 0 Å². The zero-order chi connectivity index (χ0) is 12.5. The maximum atomic E-state index is 5.18. The summed E-state index contributed by atoms with van der Waals surface area (Å²) in [6.45, 7) is 2.26. The first-order chi connectivity index (χ1) is 8.26. The van der Waals surface area contributed by atoms with Gasteiger partial charge in [0.15, 0.2) is 6.29 Å². The Bertz CT molecular complexity index is 286. The van der Waals surface area contributed by atoms with E-state index in [1.165, 1.54) is 5.56 Å². The minimum absolute atomic E-state index is 0.0604. The molecule has 17 heavy (non-hydrogen) atoms. The molecule has 0 amide bonds. The van der Waals surface area contributed by atoms with Gasteiger partial charge in [0.2, 0.25) is 0 Å². The van der Waals surface area contributed by atoms with Crippen LogP contribution in [-0.4, -0.2) is 25.8 Å². The van der Waals surface area contributed by atoms with E-state index in [0.29, 0.717) is 5.25 Å². The summed E-state index contributed by atoms with van der Waals surface area (Å²) >= 11 is 1.98. The fraction of sp³-hybridized carbons (Fsp3) is 0.571. The molecule has 0 N–H and O–H groups in total. The van der Waals surface area contributed by atoms with Gasteiger partial charge in [0, 0.05) is 25.2 Å². The summed E-state index contributed by atoms with van der Waals surface area (Å²) in [7, 11) is 3.38. The van der Waals surface area contributed by atoms with Crippen molar-refractivity contribution in [3.63, 3.8) is 0 Å². The molecule has 0 heterocycles. The van der Waals surface area contributed by atoms with Crippen LogP contribution in [0.1, 0.15) is 25.3 Å². The first-order valence-corrected chi connectivity index (χ1v) is 7.02. The van der Waals surface area contributed by atoms with Crippen LogP contribution in [-0.2, 0) is 15.2 Å². The van der Waals surface area contributed by atoms with Gasteiger partial charge >= 0.3 is 0 Å². The maximum Gasteiger partial charge on any atom is 0.156 e. The lowest BCUT2D eigenvalue weighted by atomic mass is 10.2. The molecule has 0 aromatic heterocycles. The van der Waals surface area contributed by atoms with Crippen molar-refractivity contribution in [2.24, 2.45) is 0 Å². The molecule has 0 fully saturated rings. The summed E-state index contributed by atoms with van der Waals surface area (Å²) in [5.74, 6) is 1.08. The highest BCUT2D eigenvalue weighted by Crippen LogP contribution is 2.22. The van der Waals surface area contributed by atoms with E-state index in [9.17, 15) is 0 Å². The van der Waals surface area contributed by atoms with E-state index in [1.54, 1.807) is 14.2 Å². The molecule has 1 unspecified atom stereocenters. The molecule has 1 aromatic rings. The van der Waals surface area contributed by atoms with E-state index < -0.39 is 0 Å². The summed E-state index contributed by atoms with van der Waals surface area (Å²) < 4.78 is 10.4. The highest BCUT2D eigenvalue weighted by atomic mass is 32.2. The molecule has 0 radical (unpaired) electrons. The van der Waals surface area contributed by atoms with Gasteiger partial charge in [0.1, 0.15) is 0 Å². The van der Waals surface area contributed by atoms with Crippen molar-refractivity contribution in [3.8, 4) is 0 Å². The predicted molar refractivity (Wildman–Crippen MR) is 74.2 cm³/mol.